The molecule has 24 heavy (non-hydrogen) atoms. The molecule has 0 spiro atoms. The van der Waals surface area contributed by atoms with E-state index in [1.54, 1.807) is 56.7 Å². The summed E-state index contributed by atoms with van der Waals surface area (Å²) in [6.45, 7) is 4.08. The smallest absolute Gasteiger partial charge is 0.255 e. The Hall–Kier alpha value is -2.69. The number of hydrogen-bond donors (Lipinski definition) is 1. The number of carbonyl (C=O) groups is 1. The molecule has 128 valence electrons. The van der Waals surface area contributed by atoms with Crippen molar-refractivity contribution in [3.8, 4) is 17.2 Å². The third-order valence-corrected chi connectivity index (χ3v) is 3.67. The summed E-state index contributed by atoms with van der Waals surface area (Å²) in [6.07, 6.45) is 1.08. The molecule has 0 aliphatic heterocycles. The van der Waals surface area contributed by atoms with Crippen LogP contribution in [-0.2, 0) is 0 Å². The van der Waals surface area contributed by atoms with Gasteiger partial charge in [0.25, 0.3) is 5.91 Å². The predicted molar refractivity (Wildman–Crippen MR) is 94.3 cm³/mol. The van der Waals surface area contributed by atoms with Crippen LogP contribution >= 0.6 is 0 Å². The van der Waals surface area contributed by atoms with Gasteiger partial charge in [0.15, 0.2) is 11.5 Å². The molecule has 0 saturated heterocycles. The molecule has 0 radical (unpaired) electrons. The first-order valence-electron chi connectivity index (χ1n) is 7.87. The lowest BCUT2D eigenvalue weighted by molar-refractivity contribution is 0.102. The van der Waals surface area contributed by atoms with Gasteiger partial charge in [-0.05, 0) is 49.7 Å². The van der Waals surface area contributed by atoms with Gasteiger partial charge in [0.2, 0.25) is 0 Å². The third-order valence-electron chi connectivity index (χ3n) is 3.67. The summed E-state index contributed by atoms with van der Waals surface area (Å²) in [7, 11) is 3.12. The maximum atomic E-state index is 12.3. The Morgan fingerprint density at radius 3 is 2.29 bits per heavy atom. The number of anilines is 1. The number of hydrogen-bond acceptors (Lipinski definition) is 4. The Kier molecular flexibility index (Phi) is 6.07. The summed E-state index contributed by atoms with van der Waals surface area (Å²) in [5.41, 5.74) is 1.19. The van der Waals surface area contributed by atoms with E-state index in [0.717, 1.165) is 12.2 Å². The van der Waals surface area contributed by atoms with Gasteiger partial charge >= 0.3 is 0 Å². The quantitative estimate of drug-likeness (QED) is 0.829. The lowest BCUT2D eigenvalue weighted by Gasteiger charge is -2.13. The minimum atomic E-state index is -0.197. The number of methoxy groups -OCH3 is 2. The zero-order chi connectivity index (χ0) is 17.5. The fourth-order valence-electron chi connectivity index (χ4n) is 2.12. The highest BCUT2D eigenvalue weighted by Gasteiger charge is 2.10. The van der Waals surface area contributed by atoms with Gasteiger partial charge in [-0.15, -0.1) is 0 Å². The molecule has 1 unspecified atom stereocenters. The molecule has 2 aromatic carbocycles. The van der Waals surface area contributed by atoms with E-state index in [-0.39, 0.29) is 12.0 Å². The summed E-state index contributed by atoms with van der Waals surface area (Å²) in [5.74, 6) is 1.74. The monoisotopic (exact) mass is 329 g/mol. The van der Waals surface area contributed by atoms with Crippen molar-refractivity contribution in [3.63, 3.8) is 0 Å². The third kappa shape index (κ3) is 4.41. The van der Waals surface area contributed by atoms with Crippen molar-refractivity contribution >= 4 is 11.6 Å². The van der Waals surface area contributed by atoms with Gasteiger partial charge in [-0.2, -0.15) is 0 Å². The molecule has 1 atom stereocenters. The van der Waals surface area contributed by atoms with Crippen LogP contribution in [0.5, 0.6) is 17.2 Å². The van der Waals surface area contributed by atoms with Crippen molar-refractivity contribution in [2.45, 2.75) is 26.4 Å². The second kappa shape index (κ2) is 8.24. The molecule has 5 nitrogen and oxygen atoms in total. The first-order valence-corrected chi connectivity index (χ1v) is 7.87. The van der Waals surface area contributed by atoms with Gasteiger partial charge in [-0.1, -0.05) is 6.92 Å². The number of ether oxygens (including phenoxy) is 3. The van der Waals surface area contributed by atoms with Crippen LogP contribution in [0.1, 0.15) is 30.6 Å². The van der Waals surface area contributed by atoms with Crippen LogP contribution in [0.15, 0.2) is 42.5 Å². The first-order chi connectivity index (χ1) is 11.6. The van der Waals surface area contributed by atoms with E-state index in [1.807, 2.05) is 6.92 Å². The molecule has 0 bridgehead atoms. The second-order valence-corrected chi connectivity index (χ2v) is 5.38. The molecule has 0 saturated carbocycles. The Bertz CT molecular complexity index is 682. The van der Waals surface area contributed by atoms with Gasteiger partial charge < -0.3 is 19.5 Å². The summed E-state index contributed by atoms with van der Waals surface area (Å²) < 4.78 is 16.1. The van der Waals surface area contributed by atoms with Crippen molar-refractivity contribution in [2.24, 2.45) is 0 Å². The number of carbonyl (C=O) groups excluding carboxylic acids is 1. The number of amides is 1. The molecule has 2 rings (SSSR count). The molecule has 0 aliphatic rings. The van der Waals surface area contributed by atoms with Crippen molar-refractivity contribution < 1.29 is 19.0 Å². The normalized spacial score (nSPS) is 11.5. The minimum absolute atomic E-state index is 0.149. The average molecular weight is 329 g/mol. The topological polar surface area (TPSA) is 56.8 Å². The Morgan fingerprint density at radius 2 is 1.71 bits per heavy atom. The fraction of sp³-hybridized carbons (Fsp3) is 0.316. The highest BCUT2D eigenvalue weighted by Crippen LogP contribution is 2.30. The number of nitrogens with one attached hydrogen (secondary N) is 1. The van der Waals surface area contributed by atoms with Crippen molar-refractivity contribution in [1.29, 1.82) is 0 Å². The molecule has 0 fully saturated rings. The first kappa shape index (κ1) is 17.7. The van der Waals surface area contributed by atoms with Crippen LogP contribution in [-0.4, -0.2) is 26.2 Å². The summed E-state index contributed by atoms with van der Waals surface area (Å²) in [4.78, 5) is 12.3. The zero-order valence-corrected chi connectivity index (χ0v) is 14.5. The maximum Gasteiger partial charge on any atom is 0.255 e. The van der Waals surface area contributed by atoms with Gasteiger partial charge in [-0.3, -0.25) is 4.79 Å². The van der Waals surface area contributed by atoms with Crippen LogP contribution in [0.2, 0.25) is 0 Å². The minimum Gasteiger partial charge on any atom is -0.493 e. The lowest BCUT2D eigenvalue weighted by Crippen LogP contribution is -2.13. The number of rotatable bonds is 7. The van der Waals surface area contributed by atoms with E-state index in [0.29, 0.717) is 22.7 Å². The van der Waals surface area contributed by atoms with E-state index in [2.05, 4.69) is 12.2 Å². The summed E-state index contributed by atoms with van der Waals surface area (Å²) in [6, 6.07) is 12.3. The van der Waals surface area contributed by atoms with Crippen LogP contribution < -0.4 is 19.5 Å². The molecular formula is C19H23NO4. The SMILES string of the molecule is CCC(C)Oc1ccc(C(=O)Nc2ccc(OC)c(OC)c2)cc1. The van der Waals surface area contributed by atoms with E-state index in [9.17, 15) is 4.79 Å². The van der Waals surface area contributed by atoms with Gasteiger partial charge in [-0.25, -0.2) is 0 Å². The average Bonchev–Trinajstić information content (AvgIpc) is 2.61. The van der Waals surface area contributed by atoms with Gasteiger partial charge in [0, 0.05) is 17.3 Å². The van der Waals surface area contributed by atoms with Gasteiger partial charge in [0.05, 0.1) is 20.3 Å². The highest BCUT2D eigenvalue weighted by molar-refractivity contribution is 6.04. The number of benzene rings is 2. The van der Waals surface area contributed by atoms with E-state index in [1.165, 1.54) is 0 Å². The summed E-state index contributed by atoms with van der Waals surface area (Å²) >= 11 is 0. The fourth-order valence-corrected chi connectivity index (χ4v) is 2.12. The highest BCUT2D eigenvalue weighted by atomic mass is 16.5. The molecular weight excluding hydrogens is 306 g/mol. The van der Waals surface area contributed by atoms with Crippen LogP contribution in [0.3, 0.4) is 0 Å². The molecule has 5 heteroatoms. The standard InChI is InChI=1S/C19H23NO4/c1-5-13(2)24-16-9-6-14(7-10-16)19(21)20-15-8-11-17(22-3)18(12-15)23-4/h6-13H,5H2,1-4H3,(H,20,21). The van der Waals surface area contributed by atoms with Crippen molar-refractivity contribution in [2.75, 3.05) is 19.5 Å². The van der Waals surface area contributed by atoms with E-state index >= 15 is 0 Å². The Morgan fingerprint density at radius 1 is 1.04 bits per heavy atom. The lowest BCUT2D eigenvalue weighted by atomic mass is 10.2. The molecule has 0 heterocycles. The Labute approximate surface area is 142 Å². The largest absolute Gasteiger partial charge is 0.493 e. The van der Waals surface area contributed by atoms with Gasteiger partial charge in [0.1, 0.15) is 5.75 Å². The van der Waals surface area contributed by atoms with Crippen LogP contribution in [0, 0.1) is 0 Å². The summed E-state index contributed by atoms with van der Waals surface area (Å²) in [5, 5.41) is 2.84. The molecule has 1 N–H and O–H groups in total. The molecule has 2 aromatic rings. The Balaban J connectivity index is 2.07. The van der Waals surface area contributed by atoms with E-state index in [4.69, 9.17) is 14.2 Å². The van der Waals surface area contributed by atoms with Crippen LogP contribution in [0.4, 0.5) is 5.69 Å². The molecule has 0 aliphatic carbocycles. The van der Waals surface area contributed by atoms with E-state index < -0.39 is 0 Å². The second-order valence-electron chi connectivity index (χ2n) is 5.38. The zero-order valence-electron chi connectivity index (χ0n) is 14.5. The maximum absolute atomic E-state index is 12.3. The predicted octanol–water partition coefficient (Wildman–Crippen LogP) is 4.13. The van der Waals surface area contributed by atoms with Crippen LogP contribution in [0.25, 0.3) is 0 Å². The molecule has 1 amide bonds. The van der Waals surface area contributed by atoms with Crippen molar-refractivity contribution in [3.05, 3.63) is 48.0 Å². The molecule has 0 aromatic heterocycles. The van der Waals surface area contributed by atoms with Crippen molar-refractivity contribution in [1.82, 2.24) is 0 Å².